The van der Waals surface area contributed by atoms with E-state index >= 15 is 0 Å². The van der Waals surface area contributed by atoms with Gasteiger partial charge in [0.2, 0.25) is 0 Å². The summed E-state index contributed by atoms with van der Waals surface area (Å²) in [6, 6.07) is 15.6. The van der Waals surface area contributed by atoms with E-state index in [1.165, 1.54) is 19.3 Å². The highest BCUT2D eigenvalue weighted by molar-refractivity contribution is 7.80. The van der Waals surface area contributed by atoms with Crippen LogP contribution in [0.15, 0.2) is 48.5 Å². The molecule has 0 bridgehead atoms. The summed E-state index contributed by atoms with van der Waals surface area (Å²) in [6.45, 7) is 4.03. The maximum Gasteiger partial charge on any atom is 0.257 e. The molecular weight excluding hydrogens is 330 g/mol. The topological polar surface area (TPSA) is 44.4 Å². The van der Waals surface area contributed by atoms with E-state index in [9.17, 15) is 4.79 Å². The zero-order valence-corrected chi connectivity index (χ0v) is 15.2. The second-order valence-corrected chi connectivity index (χ2v) is 6.70. The van der Waals surface area contributed by atoms with Crippen LogP contribution in [-0.4, -0.2) is 24.1 Å². The third-order valence-electron chi connectivity index (χ3n) is 4.47. The molecule has 1 aliphatic rings. The van der Waals surface area contributed by atoms with Gasteiger partial charge in [-0.2, -0.15) is 0 Å². The predicted molar refractivity (Wildman–Crippen MR) is 107 cm³/mol. The second-order valence-electron chi connectivity index (χ2n) is 6.29. The average Bonchev–Trinajstić information content (AvgIpc) is 2.63. The van der Waals surface area contributed by atoms with Crippen LogP contribution in [0.4, 0.5) is 11.4 Å². The van der Waals surface area contributed by atoms with E-state index in [0.29, 0.717) is 10.7 Å². The van der Waals surface area contributed by atoms with Gasteiger partial charge in [0, 0.05) is 18.7 Å². The van der Waals surface area contributed by atoms with Crippen LogP contribution in [0.1, 0.15) is 35.2 Å². The van der Waals surface area contributed by atoms with Crippen LogP contribution < -0.4 is 15.5 Å². The summed E-state index contributed by atoms with van der Waals surface area (Å²) in [5.41, 5.74) is 3.63. The number of para-hydroxylation sites is 2. The maximum atomic E-state index is 12.4. The molecule has 1 heterocycles. The van der Waals surface area contributed by atoms with Crippen molar-refractivity contribution in [1.82, 2.24) is 5.32 Å². The summed E-state index contributed by atoms with van der Waals surface area (Å²) < 4.78 is 0. The third-order valence-corrected chi connectivity index (χ3v) is 4.67. The molecule has 2 N–H and O–H groups in total. The van der Waals surface area contributed by atoms with Crippen molar-refractivity contribution >= 4 is 34.6 Å². The molecule has 0 spiro atoms. The average molecular weight is 353 g/mol. The predicted octanol–water partition coefficient (Wildman–Crippen LogP) is 4.11. The Morgan fingerprint density at radius 2 is 1.68 bits per heavy atom. The fourth-order valence-electron chi connectivity index (χ4n) is 3.14. The normalized spacial score (nSPS) is 14.0. The fraction of sp³-hybridized carbons (Fsp3) is 0.300. The first-order valence-corrected chi connectivity index (χ1v) is 9.08. The molecule has 130 valence electrons. The summed E-state index contributed by atoms with van der Waals surface area (Å²) in [5, 5.41) is 6.28. The van der Waals surface area contributed by atoms with E-state index in [1.807, 2.05) is 43.3 Å². The first-order valence-electron chi connectivity index (χ1n) is 8.67. The van der Waals surface area contributed by atoms with Gasteiger partial charge < -0.3 is 10.2 Å². The Balaban J connectivity index is 1.69. The number of anilines is 2. The summed E-state index contributed by atoms with van der Waals surface area (Å²) in [6.07, 6.45) is 3.71. The molecule has 2 aromatic rings. The van der Waals surface area contributed by atoms with Crippen molar-refractivity contribution in [2.45, 2.75) is 26.2 Å². The van der Waals surface area contributed by atoms with Crippen molar-refractivity contribution in [3.8, 4) is 0 Å². The van der Waals surface area contributed by atoms with Crippen LogP contribution in [0.25, 0.3) is 0 Å². The molecule has 1 amide bonds. The van der Waals surface area contributed by atoms with Crippen LogP contribution in [0, 0.1) is 6.92 Å². The number of nitrogens with one attached hydrogen (secondary N) is 2. The second kappa shape index (κ2) is 8.12. The van der Waals surface area contributed by atoms with Gasteiger partial charge in [-0.05, 0) is 62.2 Å². The number of nitrogens with zero attached hydrogens (tertiary/aromatic N) is 1. The Kier molecular flexibility index (Phi) is 5.66. The molecule has 0 saturated carbocycles. The third kappa shape index (κ3) is 4.37. The van der Waals surface area contributed by atoms with Crippen molar-refractivity contribution in [3.63, 3.8) is 0 Å². The van der Waals surface area contributed by atoms with Gasteiger partial charge in [0.25, 0.3) is 5.91 Å². The van der Waals surface area contributed by atoms with Crippen LogP contribution in [0.3, 0.4) is 0 Å². The van der Waals surface area contributed by atoms with Crippen molar-refractivity contribution in [1.29, 1.82) is 0 Å². The molecule has 1 saturated heterocycles. The van der Waals surface area contributed by atoms with Crippen LogP contribution in [-0.2, 0) is 0 Å². The molecule has 4 nitrogen and oxygen atoms in total. The summed E-state index contributed by atoms with van der Waals surface area (Å²) in [7, 11) is 0. The van der Waals surface area contributed by atoms with Crippen molar-refractivity contribution in [3.05, 3.63) is 59.7 Å². The Labute approximate surface area is 154 Å². The lowest BCUT2D eigenvalue weighted by Crippen LogP contribution is -2.35. The Hall–Kier alpha value is -2.40. The van der Waals surface area contributed by atoms with Crippen LogP contribution in [0.2, 0.25) is 0 Å². The molecule has 0 radical (unpaired) electrons. The zero-order chi connectivity index (χ0) is 17.6. The molecule has 0 aliphatic carbocycles. The van der Waals surface area contributed by atoms with Crippen LogP contribution in [0.5, 0.6) is 0 Å². The highest BCUT2D eigenvalue weighted by atomic mass is 32.1. The summed E-state index contributed by atoms with van der Waals surface area (Å²) in [5.74, 6) is -0.189. The van der Waals surface area contributed by atoms with Crippen LogP contribution >= 0.6 is 12.2 Å². The number of benzene rings is 2. The Morgan fingerprint density at radius 3 is 2.44 bits per heavy atom. The van der Waals surface area contributed by atoms with Gasteiger partial charge in [0.05, 0.1) is 11.4 Å². The molecule has 3 rings (SSSR count). The first-order chi connectivity index (χ1) is 12.1. The van der Waals surface area contributed by atoms with E-state index in [-0.39, 0.29) is 5.91 Å². The number of piperidine rings is 1. The van der Waals surface area contributed by atoms with Gasteiger partial charge >= 0.3 is 0 Å². The van der Waals surface area contributed by atoms with Gasteiger partial charge in [0.1, 0.15) is 0 Å². The van der Waals surface area contributed by atoms with Crippen molar-refractivity contribution in [2.75, 3.05) is 23.3 Å². The molecular formula is C20H23N3OS. The number of hydrogen-bond donors (Lipinski definition) is 2. The minimum atomic E-state index is -0.189. The van der Waals surface area contributed by atoms with E-state index in [4.69, 9.17) is 12.2 Å². The number of amides is 1. The minimum Gasteiger partial charge on any atom is -0.370 e. The Bertz CT molecular complexity index is 769. The maximum absolute atomic E-state index is 12.4. The van der Waals surface area contributed by atoms with Crippen molar-refractivity contribution in [2.24, 2.45) is 0 Å². The largest absolute Gasteiger partial charge is 0.370 e. The number of rotatable bonds is 3. The molecule has 1 fully saturated rings. The smallest absolute Gasteiger partial charge is 0.257 e. The number of carbonyl (C=O) groups is 1. The molecule has 25 heavy (non-hydrogen) atoms. The minimum absolute atomic E-state index is 0.189. The van der Waals surface area contributed by atoms with Gasteiger partial charge in [-0.15, -0.1) is 0 Å². The SMILES string of the molecule is Cc1ccccc1C(=O)NC(=S)Nc1ccccc1N1CCCCC1. The molecule has 1 aliphatic heterocycles. The van der Waals surface area contributed by atoms with E-state index < -0.39 is 0 Å². The Morgan fingerprint density at radius 1 is 1.00 bits per heavy atom. The molecule has 0 aromatic heterocycles. The van der Waals surface area contributed by atoms with E-state index in [1.54, 1.807) is 6.07 Å². The highest BCUT2D eigenvalue weighted by Crippen LogP contribution is 2.28. The molecule has 5 heteroatoms. The molecule has 0 unspecified atom stereocenters. The molecule has 2 aromatic carbocycles. The standard InChI is InChI=1S/C20H23N3OS/c1-15-9-3-4-10-16(15)19(24)22-20(25)21-17-11-5-6-12-18(17)23-13-7-2-8-14-23/h3-6,9-12H,2,7-8,13-14H2,1H3,(H2,21,22,24,25). The van der Waals surface area contributed by atoms with Gasteiger partial charge in [-0.3, -0.25) is 10.1 Å². The van der Waals surface area contributed by atoms with Gasteiger partial charge in [-0.25, -0.2) is 0 Å². The number of thiocarbonyl (C=S) groups is 1. The lowest BCUT2D eigenvalue weighted by Gasteiger charge is -2.30. The first kappa shape index (κ1) is 17.4. The van der Waals surface area contributed by atoms with Gasteiger partial charge in [0.15, 0.2) is 5.11 Å². The number of hydrogen-bond acceptors (Lipinski definition) is 3. The lowest BCUT2D eigenvalue weighted by molar-refractivity contribution is 0.0977. The van der Waals surface area contributed by atoms with E-state index in [0.717, 1.165) is 30.0 Å². The monoisotopic (exact) mass is 353 g/mol. The summed E-state index contributed by atoms with van der Waals surface area (Å²) >= 11 is 5.35. The van der Waals surface area contributed by atoms with Crippen molar-refractivity contribution < 1.29 is 4.79 Å². The summed E-state index contributed by atoms with van der Waals surface area (Å²) in [4.78, 5) is 14.8. The molecule has 0 atom stereocenters. The number of aryl methyl sites for hydroxylation is 1. The lowest BCUT2D eigenvalue weighted by atomic mass is 10.1. The van der Waals surface area contributed by atoms with E-state index in [2.05, 4.69) is 21.6 Å². The highest BCUT2D eigenvalue weighted by Gasteiger charge is 2.16. The quantitative estimate of drug-likeness (QED) is 0.815. The number of carbonyl (C=O) groups excluding carboxylic acids is 1. The fourth-order valence-corrected chi connectivity index (χ4v) is 3.34. The zero-order valence-electron chi connectivity index (χ0n) is 14.4. The van der Waals surface area contributed by atoms with Gasteiger partial charge in [-0.1, -0.05) is 30.3 Å².